The smallest absolute Gasteiger partial charge is 0 e. The van der Waals surface area contributed by atoms with E-state index in [2.05, 4.69) is 134 Å². The fourth-order valence-electron chi connectivity index (χ4n) is 8.64. The van der Waals surface area contributed by atoms with E-state index in [9.17, 15) is 0 Å². The van der Waals surface area contributed by atoms with E-state index >= 15 is 0 Å². The molecule has 1 radical (unpaired) electrons. The van der Waals surface area contributed by atoms with Crippen LogP contribution in [0.25, 0.3) is 55.6 Å². The summed E-state index contributed by atoms with van der Waals surface area (Å²) in [6.45, 7) is 2.14. The van der Waals surface area contributed by atoms with Gasteiger partial charge in [0.05, 0.1) is 5.58 Å². The van der Waals surface area contributed by atoms with Crippen LogP contribution in [-0.2, 0) is 26.5 Å². The van der Waals surface area contributed by atoms with Gasteiger partial charge >= 0.3 is 131 Å². The van der Waals surface area contributed by atoms with E-state index in [1.807, 2.05) is 12.3 Å². The standard InChI is InChI=1S/C31H28NO.C19H24GeN.Ir/c1-21-15-16-26(28-20-23(17-18-32-28)19-22-9-4-2-5-10-22)31-29(21)27-14-8-13-25(30(27)33-31)24-11-6-3-7-12-24;1-20(2,3)18-11-12-19(21-14-18)17-10-6-9-16(13-17)15-7-4-5-8-15;/h3,6-8,11-15,17-18,20,22H,2,4-5,9-10,19H2,1H3;6,9,11-15H,4-5,7-8H2,1-3H3;/q2*-1;. The zero-order valence-corrected chi connectivity index (χ0v) is 37.2. The van der Waals surface area contributed by atoms with Gasteiger partial charge in [-0.1, -0.05) is 110 Å². The molecule has 4 aromatic carbocycles. The average molecular weight is 962 g/mol. The summed E-state index contributed by atoms with van der Waals surface area (Å²) in [5.74, 6) is 8.77. The Morgan fingerprint density at radius 2 is 1.53 bits per heavy atom. The first kappa shape index (κ1) is 39.4. The van der Waals surface area contributed by atoms with E-state index in [0.29, 0.717) is 0 Å². The Morgan fingerprint density at radius 3 is 2.27 bits per heavy atom. The summed E-state index contributed by atoms with van der Waals surface area (Å²) in [5, 5.41) is 2.31. The van der Waals surface area contributed by atoms with Gasteiger partial charge in [0.15, 0.2) is 0 Å². The third-order valence-electron chi connectivity index (χ3n) is 11.7. The molecule has 0 atom stereocenters. The molecule has 5 heteroatoms. The normalized spacial score (nSPS) is 15.1. The predicted octanol–water partition coefficient (Wildman–Crippen LogP) is 13.3. The molecule has 3 heterocycles. The monoisotopic (exact) mass is 963 g/mol. The summed E-state index contributed by atoms with van der Waals surface area (Å²) in [6.07, 6.45) is 17.5. The van der Waals surface area contributed by atoms with Crippen LogP contribution in [0.1, 0.15) is 80.4 Å². The number of nitrogens with zero attached hydrogens (tertiary/aromatic N) is 2. The van der Waals surface area contributed by atoms with Crippen molar-refractivity contribution in [2.45, 2.75) is 94.3 Å². The van der Waals surface area contributed by atoms with Gasteiger partial charge < -0.3 is 9.40 Å². The van der Waals surface area contributed by atoms with Crippen LogP contribution in [-0.4, -0.2) is 23.2 Å². The molecule has 283 valence electrons. The molecule has 55 heavy (non-hydrogen) atoms. The molecule has 0 amide bonds. The van der Waals surface area contributed by atoms with Crippen molar-refractivity contribution < 1.29 is 24.5 Å². The minimum atomic E-state index is -1.76. The molecule has 0 saturated heterocycles. The van der Waals surface area contributed by atoms with Gasteiger partial charge in [-0.2, -0.15) is 0 Å². The summed E-state index contributed by atoms with van der Waals surface area (Å²) >= 11 is -1.76. The molecule has 3 aromatic heterocycles. The van der Waals surface area contributed by atoms with E-state index < -0.39 is 13.3 Å². The van der Waals surface area contributed by atoms with Crippen LogP contribution in [0.5, 0.6) is 0 Å². The summed E-state index contributed by atoms with van der Waals surface area (Å²) < 4.78 is 8.09. The van der Waals surface area contributed by atoms with E-state index in [4.69, 9.17) is 14.4 Å². The molecule has 2 aliphatic carbocycles. The number of hydrogen-bond donors (Lipinski definition) is 0. The number of aromatic nitrogens is 2. The van der Waals surface area contributed by atoms with Crippen molar-refractivity contribution >= 4 is 39.6 Å². The molecule has 2 fully saturated rings. The molecule has 7 aromatic rings. The molecule has 2 saturated carbocycles. The largest absolute Gasteiger partial charge is 0 e. The van der Waals surface area contributed by atoms with Crippen LogP contribution in [0.4, 0.5) is 0 Å². The number of benzene rings is 4. The van der Waals surface area contributed by atoms with Crippen LogP contribution in [0.2, 0.25) is 17.3 Å². The van der Waals surface area contributed by atoms with Gasteiger partial charge in [0, 0.05) is 37.3 Å². The predicted molar refractivity (Wildman–Crippen MR) is 229 cm³/mol. The number of rotatable bonds is 7. The SMILES string of the molecule is Cc1c[c-]c(-c2cc(CC3CCCCC3)ccn2)c2oc3c(-c4ccccc4)cccc3c12.[CH3][Ge]([CH3])([CH3])[c]1ccc(-c2[c-]ccc(C3CCCC3)c2)nc1.[Ir]. The summed E-state index contributed by atoms with van der Waals surface area (Å²) in [4.78, 5) is 9.44. The van der Waals surface area contributed by atoms with Crippen LogP contribution in [0.3, 0.4) is 0 Å². The van der Waals surface area contributed by atoms with Crippen molar-refractivity contribution in [3.8, 4) is 33.6 Å². The number of furan rings is 1. The summed E-state index contributed by atoms with van der Waals surface area (Å²) in [6, 6.07) is 41.3. The van der Waals surface area contributed by atoms with E-state index in [0.717, 1.165) is 73.8 Å². The first-order valence-electron chi connectivity index (χ1n) is 20.2. The Kier molecular flexibility index (Phi) is 12.6. The fourth-order valence-corrected chi connectivity index (χ4v) is 10.8. The van der Waals surface area contributed by atoms with Gasteiger partial charge in [-0.25, -0.2) is 0 Å². The van der Waals surface area contributed by atoms with Gasteiger partial charge in [0.1, 0.15) is 5.58 Å². The molecule has 0 unspecified atom stereocenters. The van der Waals surface area contributed by atoms with Crippen molar-refractivity contribution in [3.05, 3.63) is 138 Å². The Morgan fingerprint density at radius 1 is 0.745 bits per heavy atom. The van der Waals surface area contributed by atoms with E-state index in [-0.39, 0.29) is 20.1 Å². The maximum Gasteiger partial charge on any atom is 0 e. The maximum absolute atomic E-state index is 6.62. The molecule has 0 N–H and O–H groups in total. The average Bonchev–Trinajstić information content (AvgIpc) is 3.89. The number of aryl methyl sites for hydroxylation is 1. The minimum absolute atomic E-state index is 0. The molecule has 3 nitrogen and oxygen atoms in total. The number of hydrogen-bond acceptors (Lipinski definition) is 3. The quantitative estimate of drug-likeness (QED) is 0.118. The molecule has 2 aliphatic rings. The van der Waals surface area contributed by atoms with Crippen molar-refractivity contribution in [1.29, 1.82) is 0 Å². The van der Waals surface area contributed by atoms with Crippen molar-refractivity contribution in [3.63, 3.8) is 0 Å². The fraction of sp³-hybridized carbons (Fsp3) is 0.320. The van der Waals surface area contributed by atoms with Gasteiger partial charge in [-0.3, -0.25) is 0 Å². The molecular weight excluding hydrogens is 909 g/mol. The molecule has 0 bridgehead atoms. The third-order valence-corrected chi connectivity index (χ3v) is 16.0. The topological polar surface area (TPSA) is 38.9 Å². The molecular formula is C50H52GeIrN2O-2. The second kappa shape index (κ2) is 17.5. The van der Waals surface area contributed by atoms with Gasteiger partial charge in [-0.15, -0.1) is 17.7 Å². The van der Waals surface area contributed by atoms with Gasteiger partial charge in [0.25, 0.3) is 0 Å². The second-order valence-corrected chi connectivity index (χ2v) is 27.3. The molecule has 0 aliphatic heterocycles. The van der Waals surface area contributed by atoms with Crippen molar-refractivity contribution in [2.75, 3.05) is 0 Å². The Bertz CT molecular complexity index is 2350. The van der Waals surface area contributed by atoms with Crippen LogP contribution < -0.4 is 4.40 Å². The van der Waals surface area contributed by atoms with Crippen molar-refractivity contribution in [1.82, 2.24) is 9.97 Å². The zero-order chi connectivity index (χ0) is 37.1. The Labute approximate surface area is 344 Å². The van der Waals surface area contributed by atoms with E-state index in [1.165, 1.54) is 78.9 Å². The first-order chi connectivity index (χ1) is 26.3. The van der Waals surface area contributed by atoms with Crippen LogP contribution >= 0.6 is 0 Å². The maximum atomic E-state index is 6.62. The minimum Gasteiger partial charge on any atom is 0 e. The Balaban J connectivity index is 0.000000183. The number of para-hydroxylation sites is 1. The van der Waals surface area contributed by atoms with Gasteiger partial charge in [-0.05, 0) is 29.7 Å². The summed E-state index contributed by atoms with van der Waals surface area (Å²) in [7, 11) is 0. The number of fused-ring (bicyclic) bond motifs is 3. The summed E-state index contributed by atoms with van der Waals surface area (Å²) in [5.41, 5.74) is 12.2. The molecule has 9 rings (SSSR count). The first-order valence-corrected chi connectivity index (χ1v) is 27.5. The second-order valence-electron chi connectivity index (χ2n) is 16.7. The Hall–Kier alpha value is -3.83. The van der Waals surface area contributed by atoms with Crippen LogP contribution in [0, 0.1) is 25.0 Å². The van der Waals surface area contributed by atoms with E-state index in [1.54, 1.807) is 0 Å². The zero-order valence-electron chi connectivity index (χ0n) is 32.8. The van der Waals surface area contributed by atoms with Crippen LogP contribution in [0.15, 0.2) is 114 Å². The number of pyridine rings is 2. The third kappa shape index (κ3) is 8.93. The molecule has 0 spiro atoms. The van der Waals surface area contributed by atoms with Gasteiger partial charge in [0.2, 0.25) is 0 Å². The van der Waals surface area contributed by atoms with Crippen molar-refractivity contribution in [2.24, 2.45) is 5.92 Å².